The Balaban J connectivity index is 1.79. The second-order valence-corrected chi connectivity index (χ2v) is 6.07. The standard InChI is InChI=1S/C17H19Cl2NO2/c1-20(10-13-5-4-6-14(18)9-13)11-15(21)12-22-17-8-3-2-7-16(17)19/h2-9,15,21H,10-12H2,1H3. The minimum Gasteiger partial charge on any atom is -0.489 e. The molecule has 1 N–H and O–H groups in total. The predicted octanol–water partition coefficient (Wildman–Crippen LogP) is 3.87. The van der Waals surface area contributed by atoms with E-state index in [2.05, 4.69) is 0 Å². The van der Waals surface area contributed by atoms with Gasteiger partial charge in [-0.1, -0.05) is 47.5 Å². The van der Waals surface area contributed by atoms with Crippen LogP contribution in [0.25, 0.3) is 0 Å². The monoisotopic (exact) mass is 339 g/mol. The first kappa shape index (κ1) is 17.1. The number of rotatable bonds is 7. The summed E-state index contributed by atoms with van der Waals surface area (Å²) < 4.78 is 5.54. The van der Waals surface area contributed by atoms with Crippen LogP contribution in [0.1, 0.15) is 5.56 Å². The molecule has 0 aliphatic carbocycles. The highest BCUT2D eigenvalue weighted by atomic mass is 35.5. The Morgan fingerprint density at radius 2 is 1.91 bits per heavy atom. The Morgan fingerprint density at radius 3 is 2.64 bits per heavy atom. The molecule has 0 bridgehead atoms. The summed E-state index contributed by atoms with van der Waals surface area (Å²) >= 11 is 12.0. The van der Waals surface area contributed by atoms with Gasteiger partial charge in [0.05, 0.1) is 5.02 Å². The van der Waals surface area contributed by atoms with E-state index >= 15 is 0 Å². The number of likely N-dealkylation sites (N-methyl/N-ethyl adjacent to an activating group) is 1. The van der Waals surface area contributed by atoms with E-state index < -0.39 is 6.10 Å². The van der Waals surface area contributed by atoms with Gasteiger partial charge in [-0.25, -0.2) is 0 Å². The summed E-state index contributed by atoms with van der Waals surface area (Å²) in [7, 11) is 1.94. The van der Waals surface area contributed by atoms with Crippen LogP contribution >= 0.6 is 23.2 Å². The molecule has 0 aromatic heterocycles. The Bertz CT molecular complexity index is 607. The van der Waals surface area contributed by atoms with E-state index in [0.29, 0.717) is 28.9 Å². The Hall–Kier alpha value is -1.26. The van der Waals surface area contributed by atoms with Crippen molar-refractivity contribution in [3.63, 3.8) is 0 Å². The molecular weight excluding hydrogens is 321 g/mol. The third-order valence-corrected chi connectivity index (χ3v) is 3.68. The van der Waals surface area contributed by atoms with Gasteiger partial charge in [0.25, 0.3) is 0 Å². The van der Waals surface area contributed by atoms with Gasteiger partial charge < -0.3 is 9.84 Å². The normalized spacial score (nSPS) is 12.4. The summed E-state index contributed by atoms with van der Waals surface area (Å²) in [4.78, 5) is 2.02. The summed E-state index contributed by atoms with van der Waals surface area (Å²) in [5.74, 6) is 0.584. The van der Waals surface area contributed by atoms with Gasteiger partial charge in [-0.3, -0.25) is 4.90 Å². The fourth-order valence-corrected chi connectivity index (χ4v) is 2.57. The van der Waals surface area contributed by atoms with Crippen molar-refractivity contribution in [2.75, 3.05) is 20.2 Å². The van der Waals surface area contributed by atoms with Crippen LogP contribution in [0.15, 0.2) is 48.5 Å². The summed E-state index contributed by atoms with van der Waals surface area (Å²) in [6.07, 6.45) is -0.597. The topological polar surface area (TPSA) is 32.7 Å². The van der Waals surface area contributed by atoms with Crippen molar-refractivity contribution in [1.82, 2.24) is 4.90 Å². The molecule has 5 heteroatoms. The van der Waals surface area contributed by atoms with E-state index in [0.717, 1.165) is 5.56 Å². The van der Waals surface area contributed by atoms with E-state index in [1.165, 1.54) is 0 Å². The van der Waals surface area contributed by atoms with E-state index in [-0.39, 0.29) is 6.61 Å². The first-order chi connectivity index (χ1) is 10.5. The molecule has 0 saturated carbocycles. The van der Waals surface area contributed by atoms with E-state index in [9.17, 15) is 5.11 Å². The van der Waals surface area contributed by atoms with Gasteiger partial charge in [0.1, 0.15) is 18.5 Å². The molecule has 3 nitrogen and oxygen atoms in total. The number of ether oxygens (including phenoxy) is 1. The van der Waals surface area contributed by atoms with Crippen molar-refractivity contribution in [3.05, 3.63) is 64.1 Å². The predicted molar refractivity (Wildman–Crippen MR) is 90.7 cm³/mol. The molecule has 2 aromatic carbocycles. The highest BCUT2D eigenvalue weighted by Gasteiger charge is 2.11. The lowest BCUT2D eigenvalue weighted by atomic mass is 10.2. The summed E-state index contributed by atoms with van der Waals surface area (Å²) in [5, 5.41) is 11.3. The SMILES string of the molecule is CN(Cc1cccc(Cl)c1)CC(O)COc1ccccc1Cl. The molecule has 22 heavy (non-hydrogen) atoms. The van der Waals surface area contributed by atoms with Crippen LogP contribution in [0.5, 0.6) is 5.75 Å². The fraction of sp³-hybridized carbons (Fsp3) is 0.294. The van der Waals surface area contributed by atoms with Gasteiger partial charge in [0, 0.05) is 18.1 Å². The Kier molecular flexibility index (Phi) is 6.52. The largest absolute Gasteiger partial charge is 0.489 e. The van der Waals surface area contributed by atoms with E-state index in [1.807, 2.05) is 48.3 Å². The highest BCUT2D eigenvalue weighted by Crippen LogP contribution is 2.23. The number of aliphatic hydroxyl groups excluding tert-OH is 1. The molecular formula is C17H19Cl2NO2. The molecule has 0 saturated heterocycles. The third kappa shape index (κ3) is 5.50. The average Bonchev–Trinajstić information content (AvgIpc) is 2.46. The van der Waals surface area contributed by atoms with Gasteiger partial charge in [-0.15, -0.1) is 0 Å². The maximum atomic E-state index is 10.1. The lowest BCUT2D eigenvalue weighted by Crippen LogP contribution is -2.32. The molecule has 2 aromatic rings. The molecule has 1 unspecified atom stereocenters. The van der Waals surface area contributed by atoms with Gasteiger partial charge in [0.15, 0.2) is 0 Å². The van der Waals surface area contributed by atoms with Crippen LogP contribution in [-0.4, -0.2) is 36.3 Å². The van der Waals surface area contributed by atoms with Crippen LogP contribution < -0.4 is 4.74 Å². The van der Waals surface area contributed by atoms with Crippen molar-refractivity contribution in [1.29, 1.82) is 0 Å². The molecule has 0 heterocycles. The molecule has 2 rings (SSSR count). The number of hydrogen-bond acceptors (Lipinski definition) is 3. The lowest BCUT2D eigenvalue weighted by molar-refractivity contribution is 0.0744. The summed E-state index contributed by atoms with van der Waals surface area (Å²) in [5.41, 5.74) is 1.11. The number of halogens is 2. The molecule has 0 fully saturated rings. The summed E-state index contributed by atoms with van der Waals surface area (Å²) in [6.45, 7) is 1.41. The molecule has 118 valence electrons. The zero-order valence-corrected chi connectivity index (χ0v) is 13.9. The van der Waals surface area contributed by atoms with E-state index in [1.54, 1.807) is 12.1 Å². The van der Waals surface area contributed by atoms with Gasteiger partial charge in [-0.05, 0) is 36.9 Å². The van der Waals surface area contributed by atoms with Crippen LogP contribution in [-0.2, 0) is 6.54 Å². The van der Waals surface area contributed by atoms with Gasteiger partial charge in [-0.2, -0.15) is 0 Å². The maximum absolute atomic E-state index is 10.1. The van der Waals surface area contributed by atoms with Crippen LogP contribution in [0.2, 0.25) is 10.0 Å². The van der Waals surface area contributed by atoms with Crippen LogP contribution in [0.4, 0.5) is 0 Å². The zero-order chi connectivity index (χ0) is 15.9. The molecule has 1 atom stereocenters. The number of aliphatic hydroxyl groups is 1. The quantitative estimate of drug-likeness (QED) is 0.831. The Morgan fingerprint density at radius 1 is 1.14 bits per heavy atom. The number of hydrogen-bond donors (Lipinski definition) is 1. The third-order valence-electron chi connectivity index (χ3n) is 3.13. The number of nitrogens with zero attached hydrogens (tertiary/aromatic N) is 1. The minimum atomic E-state index is -0.597. The minimum absolute atomic E-state index is 0.198. The van der Waals surface area contributed by atoms with Crippen molar-refractivity contribution in [2.45, 2.75) is 12.6 Å². The second kappa shape index (κ2) is 8.39. The lowest BCUT2D eigenvalue weighted by Gasteiger charge is -2.21. The second-order valence-electron chi connectivity index (χ2n) is 5.22. The van der Waals surface area contributed by atoms with E-state index in [4.69, 9.17) is 27.9 Å². The van der Waals surface area contributed by atoms with Crippen molar-refractivity contribution >= 4 is 23.2 Å². The summed E-state index contributed by atoms with van der Waals surface area (Å²) in [6, 6.07) is 14.9. The fourth-order valence-electron chi connectivity index (χ4n) is 2.17. The molecule has 0 spiro atoms. The first-order valence-electron chi connectivity index (χ1n) is 7.03. The number of para-hydroxylation sites is 1. The molecule has 0 aliphatic heterocycles. The highest BCUT2D eigenvalue weighted by molar-refractivity contribution is 6.32. The van der Waals surface area contributed by atoms with Crippen molar-refractivity contribution in [3.8, 4) is 5.75 Å². The number of benzene rings is 2. The molecule has 0 aliphatic rings. The average molecular weight is 340 g/mol. The van der Waals surface area contributed by atoms with Gasteiger partial charge in [0.2, 0.25) is 0 Å². The van der Waals surface area contributed by atoms with Crippen molar-refractivity contribution < 1.29 is 9.84 Å². The first-order valence-corrected chi connectivity index (χ1v) is 7.78. The zero-order valence-electron chi connectivity index (χ0n) is 12.4. The molecule has 0 amide bonds. The maximum Gasteiger partial charge on any atom is 0.138 e. The van der Waals surface area contributed by atoms with Crippen LogP contribution in [0.3, 0.4) is 0 Å². The van der Waals surface area contributed by atoms with Crippen molar-refractivity contribution in [2.24, 2.45) is 0 Å². The molecule has 0 radical (unpaired) electrons. The Labute approximate surface area is 141 Å². The van der Waals surface area contributed by atoms with Crippen LogP contribution in [0, 0.1) is 0 Å². The van der Waals surface area contributed by atoms with Gasteiger partial charge >= 0.3 is 0 Å². The smallest absolute Gasteiger partial charge is 0.138 e.